The Morgan fingerprint density at radius 2 is 1.74 bits per heavy atom. The summed E-state index contributed by atoms with van der Waals surface area (Å²) in [5, 5.41) is 14.9. The monoisotopic (exact) mass is 567 g/mol. The van der Waals surface area contributed by atoms with Crippen molar-refractivity contribution in [1.29, 1.82) is 0 Å². The molecule has 0 atom stereocenters. The predicted molar refractivity (Wildman–Crippen MR) is 163 cm³/mol. The van der Waals surface area contributed by atoms with E-state index in [1.54, 1.807) is 23.1 Å². The highest BCUT2D eigenvalue weighted by atomic mass is 32.2. The van der Waals surface area contributed by atoms with Crippen molar-refractivity contribution >= 4 is 67.4 Å². The second kappa shape index (κ2) is 11.6. The Hall–Kier alpha value is -3.66. The summed E-state index contributed by atoms with van der Waals surface area (Å²) in [5.74, 6) is 1.92. The molecule has 6 aromatic rings. The van der Waals surface area contributed by atoms with Gasteiger partial charge in [0, 0.05) is 24.9 Å². The van der Waals surface area contributed by atoms with Crippen molar-refractivity contribution < 1.29 is 4.79 Å². The summed E-state index contributed by atoms with van der Waals surface area (Å²) < 4.78 is 4.05. The van der Waals surface area contributed by atoms with E-state index in [1.807, 2.05) is 41.9 Å². The number of carbonyl (C=O) groups is 1. The lowest BCUT2D eigenvalue weighted by atomic mass is 10.0. The zero-order chi connectivity index (χ0) is 26.6. The first kappa shape index (κ1) is 25.6. The van der Waals surface area contributed by atoms with Gasteiger partial charge in [0.25, 0.3) is 0 Å². The first-order valence-corrected chi connectivity index (χ1v) is 15.3. The van der Waals surface area contributed by atoms with Gasteiger partial charge in [-0.1, -0.05) is 96.3 Å². The highest BCUT2D eigenvalue weighted by molar-refractivity contribution is 8.00. The van der Waals surface area contributed by atoms with E-state index in [1.165, 1.54) is 33.7 Å². The van der Waals surface area contributed by atoms with Crippen LogP contribution in [0.25, 0.3) is 21.0 Å². The van der Waals surface area contributed by atoms with Gasteiger partial charge in [0.2, 0.25) is 5.91 Å². The van der Waals surface area contributed by atoms with Crippen molar-refractivity contribution in [3.63, 3.8) is 0 Å². The number of anilines is 1. The topological polar surface area (TPSA) is 72.7 Å². The zero-order valence-corrected chi connectivity index (χ0v) is 23.7. The number of amides is 1. The molecule has 0 radical (unpaired) electrons. The van der Waals surface area contributed by atoms with Crippen LogP contribution in [0.15, 0.2) is 100 Å². The van der Waals surface area contributed by atoms with Crippen LogP contribution in [0.1, 0.15) is 17.0 Å². The van der Waals surface area contributed by atoms with E-state index >= 15 is 0 Å². The fourth-order valence-corrected chi connectivity index (χ4v) is 7.12. The van der Waals surface area contributed by atoms with Gasteiger partial charge in [-0.2, -0.15) is 0 Å². The fraction of sp³-hybridized carbons (Fsp3) is 0.133. The molecule has 0 aliphatic rings. The molecule has 0 spiro atoms. The van der Waals surface area contributed by atoms with Crippen molar-refractivity contribution in [3.05, 3.63) is 108 Å². The van der Waals surface area contributed by atoms with E-state index in [0.717, 1.165) is 37.0 Å². The van der Waals surface area contributed by atoms with Gasteiger partial charge in [-0.05, 0) is 40.1 Å². The maximum Gasteiger partial charge on any atom is 0.234 e. The minimum Gasteiger partial charge on any atom is -0.325 e. The molecule has 2 aromatic heterocycles. The van der Waals surface area contributed by atoms with Gasteiger partial charge in [-0.3, -0.25) is 4.79 Å². The minimum absolute atomic E-state index is 0.0823. The highest BCUT2D eigenvalue weighted by Crippen LogP contribution is 2.33. The summed E-state index contributed by atoms with van der Waals surface area (Å²) in [7, 11) is 1.95. The molecule has 0 bridgehead atoms. The van der Waals surface area contributed by atoms with Crippen molar-refractivity contribution in [2.45, 2.75) is 21.7 Å². The summed E-state index contributed by atoms with van der Waals surface area (Å²) in [5.41, 5.74) is 4.19. The maximum absolute atomic E-state index is 12.7. The quantitative estimate of drug-likeness (QED) is 0.186. The van der Waals surface area contributed by atoms with Crippen LogP contribution in [0.5, 0.6) is 0 Å². The summed E-state index contributed by atoms with van der Waals surface area (Å²) in [6.45, 7) is 0. The molecule has 0 fully saturated rings. The number of hydrogen-bond acceptors (Lipinski definition) is 7. The van der Waals surface area contributed by atoms with Crippen LogP contribution in [0.2, 0.25) is 0 Å². The van der Waals surface area contributed by atoms with Gasteiger partial charge >= 0.3 is 0 Å². The lowest BCUT2D eigenvalue weighted by Crippen LogP contribution is -2.14. The van der Waals surface area contributed by atoms with E-state index < -0.39 is 0 Å². The van der Waals surface area contributed by atoms with Crippen molar-refractivity contribution in [1.82, 2.24) is 19.7 Å². The van der Waals surface area contributed by atoms with Gasteiger partial charge in [0.05, 0.1) is 16.0 Å². The number of rotatable bonds is 9. The Morgan fingerprint density at radius 3 is 2.64 bits per heavy atom. The third kappa shape index (κ3) is 6.00. The van der Waals surface area contributed by atoms with Crippen LogP contribution in [0.4, 0.5) is 5.69 Å². The largest absolute Gasteiger partial charge is 0.325 e. The summed E-state index contributed by atoms with van der Waals surface area (Å²) in [6, 6.07) is 30.9. The molecule has 0 unspecified atom stereocenters. The van der Waals surface area contributed by atoms with Gasteiger partial charge in [-0.25, -0.2) is 4.98 Å². The van der Waals surface area contributed by atoms with Gasteiger partial charge < -0.3 is 9.88 Å². The zero-order valence-electron chi connectivity index (χ0n) is 21.2. The first-order valence-electron chi connectivity index (χ1n) is 12.5. The number of carbonyl (C=O) groups excluding carboxylic acids is 1. The van der Waals surface area contributed by atoms with Crippen LogP contribution in [-0.2, 0) is 24.0 Å². The maximum atomic E-state index is 12.7. The number of benzene rings is 4. The number of fused-ring (bicyclic) bond motifs is 2. The Labute approximate surface area is 238 Å². The van der Waals surface area contributed by atoms with E-state index in [2.05, 4.69) is 76.2 Å². The molecule has 39 heavy (non-hydrogen) atoms. The molecule has 0 aliphatic heterocycles. The molecule has 6 rings (SSSR count). The molecule has 0 saturated heterocycles. The Kier molecular flexibility index (Phi) is 7.62. The number of thiazole rings is 1. The number of nitrogens with zero attached hydrogens (tertiary/aromatic N) is 4. The molecule has 0 saturated carbocycles. The van der Waals surface area contributed by atoms with Crippen molar-refractivity contribution in [3.8, 4) is 0 Å². The molecule has 2 heterocycles. The third-order valence-electron chi connectivity index (χ3n) is 6.34. The molecule has 9 heteroatoms. The van der Waals surface area contributed by atoms with Crippen molar-refractivity contribution in [2.75, 3.05) is 11.1 Å². The molecule has 194 valence electrons. The normalized spacial score (nSPS) is 11.3. The predicted octanol–water partition coefficient (Wildman–Crippen LogP) is 7.19. The fourth-order valence-electron chi connectivity index (χ4n) is 4.33. The second-order valence-corrected chi connectivity index (χ2v) is 12.2. The lowest BCUT2D eigenvalue weighted by Gasteiger charge is -2.07. The smallest absolute Gasteiger partial charge is 0.234 e. The van der Waals surface area contributed by atoms with Crippen LogP contribution in [-0.4, -0.2) is 31.4 Å². The molecule has 6 nitrogen and oxygen atoms in total. The third-order valence-corrected chi connectivity index (χ3v) is 9.60. The summed E-state index contributed by atoms with van der Waals surface area (Å²) in [6.07, 6.45) is 0.679. The molecular formula is C30H25N5OS3. The van der Waals surface area contributed by atoms with Gasteiger partial charge in [0.15, 0.2) is 9.50 Å². The summed E-state index contributed by atoms with van der Waals surface area (Å²) >= 11 is 4.76. The van der Waals surface area contributed by atoms with Crippen LogP contribution < -0.4 is 5.32 Å². The van der Waals surface area contributed by atoms with E-state index in [4.69, 9.17) is 4.98 Å². The average Bonchev–Trinajstić information content (AvgIpc) is 3.53. The Balaban J connectivity index is 1.06. The first-order chi connectivity index (χ1) is 19.1. The van der Waals surface area contributed by atoms with Crippen LogP contribution in [0, 0.1) is 0 Å². The molecule has 4 aromatic carbocycles. The van der Waals surface area contributed by atoms with Gasteiger partial charge in [-0.15, -0.1) is 21.5 Å². The number of nitrogens with one attached hydrogen (secondary N) is 1. The minimum atomic E-state index is -0.0823. The number of aromatic nitrogens is 4. The van der Waals surface area contributed by atoms with E-state index in [0.29, 0.717) is 6.42 Å². The molecule has 1 N–H and O–H groups in total. The average molecular weight is 568 g/mol. The van der Waals surface area contributed by atoms with Crippen molar-refractivity contribution in [2.24, 2.45) is 7.05 Å². The number of hydrogen-bond donors (Lipinski definition) is 1. The van der Waals surface area contributed by atoms with Crippen LogP contribution >= 0.6 is 34.9 Å². The van der Waals surface area contributed by atoms with Crippen LogP contribution in [0.3, 0.4) is 0 Å². The molecular weight excluding hydrogens is 543 g/mol. The second-order valence-electron chi connectivity index (χ2n) is 9.05. The standard InChI is InChI=1S/C30H25N5OS3/c1-35-27(16-22-12-7-11-21-10-5-6-13-24(21)22)33-34-29(35)37-19-28(36)31-23-14-15-25-26(17-23)39-30(32-25)38-18-20-8-3-2-4-9-20/h2-15,17H,16,18-19H2,1H3,(H,31,36). The Bertz CT molecular complexity index is 1760. The number of thioether (sulfide) groups is 2. The van der Waals surface area contributed by atoms with Gasteiger partial charge in [0.1, 0.15) is 5.82 Å². The summed E-state index contributed by atoms with van der Waals surface area (Å²) in [4.78, 5) is 17.5. The molecule has 1 amide bonds. The van der Waals surface area contributed by atoms with E-state index in [-0.39, 0.29) is 11.7 Å². The van der Waals surface area contributed by atoms with E-state index in [9.17, 15) is 4.79 Å². The highest BCUT2D eigenvalue weighted by Gasteiger charge is 2.14. The molecule has 0 aliphatic carbocycles. The lowest BCUT2D eigenvalue weighted by molar-refractivity contribution is -0.113. The SMILES string of the molecule is Cn1c(Cc2cccc3ccccc23)nnc1SCC(=O)Nc1ccc2nc(SCc3ccccc3)sc2c1. The Morgan fingerprint density at radius 1 is 0.923 bits per heavy atom.